The van der Waals surface area contributed by atoms with Crippen LogP contribution in [0.5, 0.6) is 0 Å². The Hall–Kier alpha value is -0.820. The molecule has 0 saturated heterocycles. The molecule has 1 saturated carbocycles. The second kappa shape index (κ2) is 6.09. The van der Waals surface area contributed by atoms with Gasteiger partial charge in [-0.25, -0.2) is 0 Å². The molecule has 0 aromatic heterocycles. The zero-order valence-electron chi connectivity index (χ0n) is 12.8. The van der Waals surface area contributed by atoms with Gasteiger partial charge in [0.2, 0.25) is 0 Å². The number of benzene rings is 1. The van der Waals surface area contributed by atoms with Gasteiger partial charge in [0.1, 0.15) is 0 Å². The summed E-state index contributed by atoms with van der Waals surface area (Å²) in [4.78, 5) is 0. The summed E-state index contributed by atoms with van der Waals surface area (Å²) >= 11 is 0. The number of hydrogen-bond donors (Lipinski definition) is 1. The standard InChI is InChI=1S/C18H29N/c1-14(2)17-8-6-16(7-9-17)12-18(13-19)10-4-5-15(3)11-18/h6-9,14-15H,4-5,10-13,19H2,1-3H3. The van der Waals surface area contributed by atoms with Gasteiger partial charge in [-0.1, -0.05) is 57.9 Å². The largest absolute Gasteiger partial charge is 0.330 e. The molecule has 0 heterocycles. The Kier molecular flexibility index (Phi) is 4.67. The van der Waals surface area contributed by atoms with E-state index in [9.17, 15) is 0 Å². The number of hydrogen-bond acceptors (Lipinski definition) is 1. The van der Waals surface area contributed by atoms with Gasteiger partial charge in [-0.15, -0.1) is 0 Å². The summed E-state index contributed by atoms with van der Waals surface area (Å²) in [5.74, 6) is 1.46. The van der Waals surface area contributed by atoms with Crippen molar-refractivity contribution in [3.8, 4) is 0 Å². The Morgan fingerprint density at radius 2 is 1.95 bits per heavy atom. The highest BCUT2D eigenvalue weighted by molar-refractivity contribution is 5.25. The quantitative estimate of drug-likeness (QED) is 0.846. The predicted molar refractivity (Wildman–Crippen MR) is 83.4 cm³/mol. The molecule has 2 N–H and O–H groups in total. The molecular weight excluding hydrogens is 230 g/mol. The molecule has 19 heavy (non-hydrogen) atoms. The molecular formula is C18H29N. The molecule has 0 aliphatic heterocycles. The Morgan fingerprint density at radius 1 is 1.26 bits per heavy atom. The van der Waals surface area contributed by atoms with Crippen LogP contribution in [0.2, 0.25) is 0 Å². The lowest BCUT2D eigenvalue weighted by molar-refractivity contribution is 0.154. The van der Waals surface area contributed by atoms with Crippen LogP contribution in [0.15, 0.2) is 24.3 Å². The van der Waals surface area contributed by atoms with Crippen molar-refractivity contribution in [1.82, 2.24) is 0 Å². The molecule has 2 unspecified atom stereocenters. The van der Waals surface area contributed by atoms with Gasteiger partial charge in [0.15, 0.2) is 0 Å². The van der Waals surface area contributed by atoms with Crippen LogP contribution in [0.4, 0.5) is 0 Å². The Morgan fingerprint density at radius 3 is 2.47 bits per heavy atom. The van der Waals surface area contributed by atoms with Gasteiger partial charge in [-0.2, -0.15) is 0 Å². The second-order valence-corrected chi connectivity index (χ2v) is 6.98. The minimum absolute atomic E-state index is 0.358. The molecule has 1 aliphatic rings. The topological polar surface area (TPSA) is 26.0 Å². The van der Waals surface area contributed by atoms with Gasteiger partial charge < -0.3 is 5.73 Å². The highest BCUT2D eigenvalue weighted by Gasteiger charge is 2.33. The van der Waals surface area contributed by atoms with Crippen LogP contribution in [0.25, 0.3) is 0 Å². The third-order valence-corrected chi connectivity index (χ3v) is 4.84. The molecule has 106 valence electrons. The Balaban J connectivity index is 2.09. The summed E-state index contributed by atoms with van der Waals surface area (Å²) in [6.07, 6.45) is 6.50. The third kappa shape index (κ3) is 3.60. The lowest BCUT2D eigenvalue weighted by atomic mass is 9.67. The molecule has 1 nitrogen and oxygen atoms in total. The lowest BCUT2D eigenvalue weighted by Crippen LogP contribution is -2.37. The molecule has 0 bridgehead atoms. The van der Waals surface area contributed by atoms with Crippen LogP contribution >= 0.6 is 0 Å². The second-order valence-electron chi connectivity index (χ2n) is 6.98. The molecule has 0 spiro atoms. The molecule has 1 aliphatic carbocycles. The minimum atomic E-state index is 0.358. The van der Waals surface area contributed by atoms with Crippen LogP contribution in [-0.4, -0.2) is 6.54 Å². The summed E-state index contributed by atoms with van der Waals surface area (Å²) < 4.78 is 0. The van der Waals surface area contributed by atoms with E-state index < -0.39 is 0 Å². The fraction of sp³-hybridized carbons (Fsp3) is 0.667. The van der Waals surface area contributed by atoms with Gasteiger partial charge in [0.05, 0.1) is 0 Å². The third-order valence-electron chi connectivity index (χ3n) is 4.84. The highest BCUT2D eigenvalue weighted by Crippen LogP contribution is 2.41. The summed E-state index contributed by atoms with van der Waals surface area (Å²) in [5.41, 5.74) is 9.38. The van der Waals surface area contributed by atoms with Crippen LogP contribution < -0.4 is 5.73 Å². The normalized spacial score (nSPS) is 27.7. The van der Waals surface area contributed by atoms with Gasteiger partial charge in [-0.05, 0) is 54.2 Å². The van der Waals surface area contributed by atoms with Crippen LogP contribution in [-0.2, 0) is 6.42 Å². The molecule has 0 amide bonds. The van der Waals surface area contributed by atoms with E-state index in [1.807, 2.05) is 0 Å². The monoisotopic (exact) mass is 259 g/mol. The van der Waals surface area contributed by atoms with E-state index in [4.69, 9.17) is 5.73 Å². The van der Waals surface area contributed by atoms with Crippen molar-refractivity contribution in [2.24, 2.45) is 17.1 Å². The maximum atomic E-state index is 6.13. The van der Waals surface area contributed by atoms with Crippen molar-refractivity contribution in [3.05, 3.63) is 35.4 Å². The van der Waals surface area contributed by atoms with Crippen LogP contribution in [0, 0.1) is 11.3 Å². The minimum Gasteiger partial charge on any atom is -0.330 e. The van der Waals surface area contributed by atoms with E-state index in [-0.39, 0.29) is 0 Å². The van der Waals surface area contributed by atoms with Crippen molar-refractivity contribution in [3.63, 3.8) is 0 Å². The Bertz CT molecular complexity index is 393. The maximum absolute atomic E-state index is 6.13. The van der Waals surface area contributed by atoms with Crippen molar-refractivity contribution < 1.29 is 0 Å². The fourth-order valence-electron chi connectivity index (χ4n) is 3.64. The van der Waals surface area contributed by atoms with Crippen LogP contribution in [0.3, 0.4) is 0 Å². The van der Waals surface area contributed by atoms with E-state index >= 15 is 0 Å². The molecule has 0 radical (unpaired) electrons. The van der Waals surface area contributed by atoms with Gasteiger partial charge in [0.25, 0.3) is 0 Å². The maximum Gasteiger partial charge on any atom is -0.00172 e. The average Bonchev–Trinajstić information content (AvgIpc) is 2.39. The zero-order valence-corrected chi connectivity index (χ0v) is 12.8. The first-order valence-electron chi connectivity index (χ1n) is 7.83. The van der Waals surface area contributed by atoms with Gasteiger partial charge >= 0.3 is 0 Å². The first-order chi connectivity index (χ1) is 9.04. The van der Waals surface area contributed by atoms with Gasteiger partial charge in [0, 0.05) is 0 Å². The highest BCUT2D eigenvalue weighted by atomic mass is 14.6. The van der Waals surface area contributed by atoms with E-state index in [1.54, 1.807) is 0 Å². The van der Waals surface area contributed by atoms with E-state index in [0.717, 1.165) is 18.9 Å². The average molecular weight is 259 g/mol. The zero-order chi connectivity index (χ0) is 13.9. The summed E-state index contributed by atoms with van der Waals surface area (Å²) in [7, 11) is 0. The van der Waals surface area contributed by atoms with Crippen molar-refractivity contribution in [2.75, 3.05) is 6.54 Å². The van der Waals surface area contributed by atoms with E-state index in [0.29, 0.717) is 11.3 Å². The van der Waals surface area contributed by atoms with Crippen LogP contribution in [0.1, 0.15) is 63.5 Å². The summed E-state index contributed by atoms with van der Waals surface area (Å²) in [6.45, 7) is 7.72. The lowest BCUT2D eigenvalue weighted by Gasteiger charge is -2.39. The van der Waals surface area contributed by atoms with Crippen molar-refractivity contribution >= 4 is 0 Å². The fourth-order valence-corrected chi connectivity index (χ4v) is 3.64. The molecule has 1 aromatic rings. The molecule has 2 atom stereocenters. The van der Waals surface area contributed by atoms with Gasteiger partial charge in [-0.3, -0.25) is 0 Å². The molecule has 1 aromatic carbocycles. The van der Waals surface area contributed by atoms with E-state index in [1.165, 1.54) is 36.8 Å². The summed E-state index contributed by atoms with van der Waals surface area (Å²) in [6, 6.07) is 9.20. The van der Waals surface area contributed by atoms with Crippen molar-refractivity contribution in [2.45, 2.75) is 58.8 Å². The molecule has 1 fully saturated rings. The Labute approximate surface area is 118 Å². The van der Waals surface area contributed by atoms with Crippen molar-refractivity contribution in [1.29, 1.82) is 0 Å². The predicted octanol–water partition coefficient (Wildman–Crippen LogP) is 4.51. The number of nitrogens with two attached hydrogens (primary N) is 1. The van der Waals surface area contributed by atoms with E-state index in [2.05, 4.69) is 45.0 Å². The first kappa shape index (κ1) is 14.6. The smallest absolute Gasteiger partial charge is 0.00172 e. The summed E-state index contributed by atoms with van der Waals surface area (Å²) in [5, 5.41) is 0. The SMILES string of the molecule is CC1CCCC(CN)(Cc2ccc(C(C)C)cc2)C1. The molecule has 1 heteroatoms. The first-order valence-corrected chi connectivity index (χ1v) is 7.83. The molecule has 2 rings (SSSR count). The number of rotatable bonds is 4.